The fourth-order valence-corrected chi connectivity index (χ4v) is 4.21. The number of carbonyl (C=O) groups excluding carboxylic acids is 1. The van der Waals surface area contributed by atoms with E-state index in [4.69, 9.17) is 13.9 Å². The molecule has 1 aromatic carbocycles. The van der Waals surface area contributed by atoms with Crippen molar-refractivity contribution in [2.75, 3.05) is 19.5 Å². The summed E-state index contributed by atoms with van der Waals surface area (Å²) in [4.78, 5) is 17.6. The van der Waals surface area contributed by atoms with Crippen molar-refractivity contribution < 1.29 is 18.7 Å². The summed E-state index contributed by atoms with van der Waals surface area (Å²) in [6, 6.07) is 9.04. The first-order chi connectivity index (χ1) is 14.2. The van der Waals surface area contributed by atoms with Gasteiger partial charge in [-0.3, -0.25) is 4.79 Å². The minimum atomic E-state index is -0.381. The van der Waals surface area contributed by atoms with Crippen molar-refractivity contribution in [1.82, 2.24) is 14.8 Å². The van der Waals surface area contributed by atoms with E-state index in [1.165, 1.54) is 6.33 Å². The molecule has 0 radical (unpaired) electrons. The number of nitrogens with zero attached hydrogens (tertiary/aromatic N) is 3. The molecule has 1 N–H and O–H groups in total. The van der Waals surface area contributed by atoms with Crippen LogP contribution in [0.5, 0.6) is 11.5 Å². The topological polar surface area (TPSA) is 91.4 Å². The van der Waals surface area contributed by atoms with Crippen LogP contribution in [0.15, 0.2) is 58.6 Å². The number of furan rings is 1. The molecule has 0 saturated carbocycles. The Balaban J connectivity index is 1.62. The van der Waals surface area contributed by atoms with Crippen molar-refractivity contribution >= 4 is 11.7 Å². The molecule has 2 aromatic heterocycles. The van der Waals surface area contributed by atoms with E-state index < -0.39 is 0 Å². The first-order valence-corrected chi connectivity index (χ1v) is 9.37. The quantitative estimate of drug-likeness (QED) is 0.728. The SMILES string of the molecule is COc1ccc(C2C3=C(CC(c4ccco4)CC3=O)Nc3ncnn32)cc1OC. The zero-order valence-electron chi connectivity index (χ0n) is 16.1. The van der Waals surface area contributed by atoms with E-state index in [9.17, 15) is 4.79 Å². The largest absolute Gasteiger partial charge is 0.493 e. The first kappa shape index (κ1) is 17.5. The second-order valence-corrected chi connectivity index (χ2v) is 7.11. The molecule has 0 bridgehead atoms. The lowest BCUT2D eigenvalue weighted by molar-refractivity contribution is -0.117. The third kappa shape index (κ3) is 2.79. The molecule has 0 saturated heterocycles. The monoisotopic (exact) mass is 392 g/mol. The van der Waals surface area contributed by atoms with Crippen molar-refractivity contribution in [2.45, 2.75) is 24.8 Å². The zero-order chi connectivity index (χ0) is 20.0. The number of hydrogen-bond donors (Lipinski definition) is 1. The molecule has 0 spiro atoms. The third-order valence-corrected chi connectivity index (χ3v) is 5.53. The Morgan fingerprint density at radius 2 is 2.03 bits per heavy atom. The predicted molar refractivity (Wildman–Crippen MR) is 104 cm³/mol. The minimum Gasteiger partial charge on any atom is -0.493 e. The molecule has 0 fully saturated rings. The number of ether oxygens (including phenoxy) is 2. The Morgan fingerprint density at radius 3 is 2.79 bits per heavy atom. The van der Waals surface area contributed by atoms with Gasteiger partial charge < -0.3 is 19.2 Å². The Morgan fingerprint density at radius 1 is 1.17 bits per heavy atom. The van der Waals surface area contributed by atoms with Crippen LogP contribution < -0.4 is 14.8 Å². The number of hydrogen-bond acceptors (Lipinski definition) is 7. The number of allylic oxidation sites excluding steroid dienone is 2. The van der Waals surface area contributed by atoms with E-state index in [1.807, 2.05) is 30.3 Å². The standard InChI is InChI=1S/C21H20N4O4/c1-27-17-6-5-12(10-18(17)28-2)20-19-14(24-21-22-11-23-25(20)21)8-13(9-15(19)26)16-4-3-7-29-16/h3-7,10-11,13,20H,8-9H2,1-2H3,(H,22,23,24). The molecule has 1 aliphatic carbocycles. The van der Waals surface area contributed by atoms with E-state index in [1.54, 1.807) is 25.2 Å². The predicted octanol–water partition coefficient (Wildman–Crippen LogP) is 3.30. The minimum absolute atomic E-state index is 0.00396. The molecule has 8 heteroatoms. The van der Waals surface area contributed by atoms with Crippen LogP contribution >= 0.6 is 0 Å². The Hall–Kier alpha value is -3.55. The van der Waals surface area contributed by atoms with Crippen molar-refractivity contribution in [1.29, 1.82) is 0 Å². The molecule has 1 aliphatic heterocycles. The number of nitrogens with one attached hydrogen (secondary N) is 1. The fraction of sp³-hybridized carbons (Fsp3) is 0.286. The highest BCUT2D eigenvalue weighted by Gasteiger charge is 2.40. The molecule has 29 heavy (non-hydrogen) atoms. The summed E-state index contributed by atoms with van der Waals surface area (Å²) in [5.74, 6) is 2.73. The maximum absolute atomic E-state index is 13.3. The van der Waals surface area contributed by atoms with Gasteiger partial charge in [-0.05, 0) is 36.2 Å². The van der Waals surface area contributed by atoms with Crippen LogP contribution in [0.3, 0.4) is 0 Å². The summed E-state index contributed by atoms with van der Waals surface area (Å²) >= 11 is 0. The molecule has 5 rings (SSSR count). The van der Waals surface area contributed by atoms with Gasteiger partial charge in [0.05, 0.1) is 20.5 Å². The van der Waals surface area contributed by atoms with Crippen molar-refractivity contribution in [3.63, 3.8) is 0 Å². The molecular formula is C21H20N4O4. The molecular weight excluding hydrogens is 372 g/mol. The first-order valence-electron chi connectivity index (χ1n) is 9.37. The van der Waals surface area contributed by atoms with Crippen molar-refractivity contribution in [3.05, 3.63) is 65.5 Å². The maximum Gasteiger partial charge on any atom is 0.226 e. The van der Waals surface area contributed by atoms with Gasteiger partial charge in [-0.25, -0.2) is 4.68 Å². The van der Waals surface area contributed by atoms with Crippen molar-refractivity contribution in [2.24, 2.45) is 0 Å². The van der Waals surface area contributed by atoms with Crippen LogP contribution in [-0.2, 0) is 4.79 Å². The van der Waals surface area contributed by atoms with Gasteiger partial charge in [0.15, 0.2) is 17.3 Å². The van der Waals surface area contributed by atoms with Gasteiger partial charge >= 0.3 is 0 Å². The van der Waals surface area contributed by atoms with E-state index in [0.717, 1.165) is 17.0 Å². The number of benzene rings is 1. The number of ketones is 1. The lowest BCUT2D eigenvalue weighted by Gasteiger charge is -2.34. The summed E-state index contributed by atoms with van der Waals surface area (Å²) in [5.41, 5.74) is 2.45. The van der Waals surface area contributed by atoms with E-state index in [2.05, 4.69) is 15.4 Å². The molecule has 3 aromatic rings. The number of carbonyl (C=O) groups is 1. The number of rotatable bonds is 4. The molecule has 148 valence electrons. The molecule has 2 aliphatic rings. The maximum atomic E-state index is 13.3. The highest BCUT2D eigenvalue weighted by atomic mass is 16.5. The summed E-state index contributed by atoms with van der Waals surface area (Å²) in [7, 11) is 3.19. The number of Topliss-reactive ketones (excluding diaryl/α,β-unsaturated/α-hetero) is 1. The normalized spacial score (nSPS) is 20.7. The van der Waals surface area contributed by atoms with Crippen LogP contribution in [-0.4, -0.2) is 34.8 Å². The molecule has 3 heterocycles. The lowest BCUT2D eigenvalue weighted by Crippen LogP contribution is -2.33. The number of aromatic nitrogens is 3. The Bertz CT molecular complexity index is 1100. The van der Waals surface area contributed by atoms with Gasteiger partial charge in [0.2, 0.25) is 5.95 Å². The summed E-state index contributed by atoms with van der Waals surface area (Å²) in [6.45, 7) is 0. The second kappa shape index (κ2) is 6.80. The highest BCUT2D eigenvalue weighted by Crippen LogP contribution is 2.45. The van der Waals surface area contributed by atoms with Gasteiger partial charge in [0, 0.05) is 23.6 Å². The van der Waals surface area contributed by atoms with Gasteiger partial charge in [-0.15, -0.1) is 0 Å². The average molecular weight is 392 g/mol. The third-order valence-electron chi connectivity index (χ3n) is 5.53. The smallest absolute Gasteiger partial charge is 0.226 e. The van der Waals surface area contributed by atoms with Gasteiger partial charge in [0.25, 0.3) is 0 Å². The summed E-state index contributed by atoms with van der Waals surface area (Å²) < 4.78 is 18.1. The molecule has 8 nitrogen and oxygen atoms in total. The van der Waals surface area contributed by atoms with Crippen LogP contribution in [0, 0.1) is 0 Å². The van der Waals surface area contributed by atoms with Gasteiger partial charge in [-0.2, -0.15) is 10.1 Å². The van der Waals surface area contributed by atoms with Crippen molar-refractivity contribution in [3.8, 4) is 11.5 Å². The molecule has 2 unspecified atom stereocenters. The van der Waals surface area contributed by atoms with Crippen LogP contribution in [0.2, 0.25) is 0 Å². The average Bonchev–Trinajstić information content (AvgIpc) is 3.43. The van der Waals surface area contributed by atoms with Gasteiger partial charge in [0.1, 0.15) is 18.1 Å². The Kier molecular flexibility index (Phi) is 4.12. The summed E-state index contributed by atoms with van der Waals surface area (Å²) in [6.07, 6.45) is 4.19. The number of methoxy groups -OCH3 is 2. The zero-order valence-corrected chi connectivity index (χ0v) is 16.1. The van der Waals surface area contributed by atoms with E-state index in [-0.39, 0.29) is 17.7 Å². The number of anilines is 1. The van der Waals surface area contributed by atoms with Crippen LogP contribution in [0.4, 0.5) is 5.95 Å². The fourth-order valence-electron chi connectivity index (χ4n) is 4.21. The Labute approximate surface area is 167 Å². The van der Waals surface area contributed by atoms with Crippen LogP contribution in [0.1, 0.15) is 36.1 Å². The molecule has 0 amide bonds. The number of fused-ring (bicyclic) bond motifs is 1. The van der Waals surface area contributed by atoms with E-state index in [0.29, 0.717) is 35.9 Å². The van der Waals surface area contributed by atoms with E-state index >= 15 is 0 Å². The highest BCUT2D eigenvalue weighted by molar-refractivity contribution is 6.00. The van der Waals surface area contributed by atoms with Gasteiger partial charge in [-0.1, -0.05) is 6.07 Å². The van der Waals surface area contributed by atoms with Crippen LogP contribution in [0.25, 0.3) is 0 Å². The second-order valence-electron chi connectivity index (χ2n) is 7.11. The molecule has 2 atom stereocenters. The lowest BCUT2D eigenvalue weighted by atomic mass is 9.79. The summed E-state index contributed by atoms with van der Waals surface area (Å²) in [5, 5.41) is 7.68.